The van der Waals surface area contributed by atoms with Crippen LogP contribution in [0.15, 0.2) is 12.1 Å². The highest BCUT2D eigenvalue weighted by atomic mass is 16.5. The largest absolute Gasteiger partial charge is 0.567 e. The Morgan fingerprint density at radius 3 is 2.30 bits per heavy atom. The SMILES string of the molecule is [B]OC(=O)c1cc(CCCC)cc(CCCC)c1O[B]. The second kappa shape index (κ2) is 8.72. The van der Waals surface area contributed by atoms with Crippen LogP contribution in [0, 0.1) is 0 Å². The molecule has 0 saturated carbocycles. The van der Waals surface area contributed by atoms with Crippen molar-refractivity contribution in [3.8, 4) is 5.75 Å². The minimum absolute atomic E-state index is 0.301. The minimum atomic E-state index is -0.624. The number of carbonyl (C=O) groups is 1. The smallest absolute Gasteiger partial charge is 0.378 e. The van der Waals surface area contributed by atoms with Gasteiger partial charge in [0.05, 0.1) is 5.56 Å². The van der Waals surface area contributed by atoms with Gasteiger partial charge in [-0.05, 0) is 42.9 Å². The molecule has 3 nitrogen and oxygen atoms in total. The summed E-state index contributed by atoms with van der Waals surface area (Å²) in [6.07, 6.45) is 5.94. The van der Waals surface area contributed by atoms with Crippen LogP contribution in [0.2, 0.25) is 0 Å². The van der Waals surface area contributed by atoms with Gasteiger partial charge in [-0.2, -0.15) is 0 Å². The zero-order valence-corrected chi connectivity index (χ0v) is 12.3. The van der Waals surface area contributed by atoms with Gasteiger partial charge >= 0.3 is 22.1 Å². The first kappa shape index (κ1) is 16.7. The van der Waals surface area contributed by atoms with Crippen molar-refractivity contribution in [1.82, 2.24) is 0 Å². The number of aryl methyl sites for hydroxylation is 2. The van der Waals surface area contributed by atoms with E-state index in [-0.39, 0.29) is 0 Å². The maximum atomic E-state index is 11.8. The van der Waals surface area contributed by atoms with Gasteiger partial charge in [0.25, 0.3) is 0 Å². The minimum Gasteiger partial charge on any atom is -0.567 e. The van der Waals surface area contributed by atoms with E-state index in [1.165, 1.54) is 0 Å². The first-order valence-electron chi connectivity index (χ1n) is 7.11. The Kier molecular flexibility index (Phi) is 7.27. The van der Waals surface area contributed by atoms with Gasteiger partial charge in [0.15, 0.2) is 0 Å². The molecule has 20 heavy (non-hydrogen) atoms. The van der Waals surface area contributed by atoms with Gasteiger partial charge in [-0.15, -0.1) is 0 Å². The molecule has 0 aliphatic heterocycles. The van der Waals surface area contributed by atoms with Crippen LogP contribution in [0.3, 0.4) is 0 Å². The summed E-state index contributed by atoms with van der Waals surface area (Å²) in [6, 6.07) is 3.81. The predicted octanol–water partition coefficient (Wildman–Crippen LogP) is 3.07. The third-order valence-corrected chi connectivity index (χ3v) is 3.29. The molecular weight excluding hydrogens is 250 g/mol. The van der Waals surface area contributed by atoms with Crippen LogP contribution in [0.5, 0.6) is 5.75 Å². The Morgan fingerprint density at radius 2 is 1.75 bits per heavy atom. The van der Waals surface area contributed by atoms with Crippen molar-refractivity contribution in [2.45, 2.75) is 52.4 Å². The second-order valence-corrected chi connectivity index (χ2v) is 4.86. The lowest BCUT2D eigenvalue weighted by Gasteiger charge is -2.15. The third kappa shape index (κ3) is 4.32. The summed E-state index contributed by atoms with van der Waals surface area (Å²) in [5, 5.41) is 0. The number of benzene rings is 1. The number of carbonyl (C=O) groups excluding carboxylic acids is 1. The zero-order chi connectivity index (χ0) is 15.0. The van der Waals surface area contributed by atoms with Crippen molar-refractivity contribution >= 4 is 22.1 Å². The standard InChI is InChI=1S/C15H20B2O3/c1-3-5-7-11-9-12(8-6-4-2)14(19-16)13(10-11)15(18)20-17/h9-10H,3-8H2,1-2H3. The average molecular weight is 270 g/mol. The molecule has 0 aromatic heterocycles. The molecule has 1 aromatic carbocycles. The zero-order valence-electron chi connectivity index (χ0n) is 12.3. The molecule has 4 radical (unpaired) electrons. The van der Waals surface area contributed by atoms with Gasteiger partial charge in [0, 0.05) is 0 Å². The molecule has 0 amide bonds. The lowest BCUT2D eigenvalue weighted by molar-refractivity contribution is 0.0747. The number of hydrogen-bond donors (Lipinski definition) is 0. The molecule has 0 bridgehead atoms. The third-order valence-electron chi connectivity index (χ3n) is 3.29. The Bertz CT molecular complexity index is 447. The van der Waals surface area contributed by atoms with Crippen molar-refractivity contribution in [3.05, 3.63) is 28.8 Å². The highest BCUT2D eigenvalue weighted by molar-refractivity contribution is 6.11. The van der Waals surface area contributed by atoms with Crippen LogP contribution < -0.4 is 4.65 Å². The van der Waals surface area contributed by atoms with Crippen LogP contribution in [0.4, 0.5) is 0 Å². The summed E-state index contributed by atoms with van der Waals surface area (Å²) in [7, 11) is 10.3. The molecular formula is C15H20B2O3. The van der Waals surface area contributed by atoms with Crippen molar-refractivity contribution in [2.24, 2.45) is 0 Å². The van der Waals surface area contributed by atoms with Crippen LogP contribution in [-0.4, -0.2) is 22.1 Å². The molecule has 0 spiro atoms. The Hall–Kier alpha value is -1.38. The Morgan fingerprint density at radius 1 is 1.10 bits per heavy atom. The van der Waals surface area contributed by atoms with Gasteiger partial charge < -0.3 is 9.31 Å². The van der Waals surface area contributed by atoms with Crippen molar-refractivity contribution in [1.29, 1.82) is 0 Å². The first-order valence-corrected chi connectivity index (χ1v) is 7.11. The van der Waals surface area contributed by atoms with E-state index in [1.54, 1.807) is 6.07 Å². The molecule has 0 aliphatic rings. The first-order chi connectivity index (χ1) is 9.67. The maximum absolute atomic E-state index is 11.8. The van der Waals surface area contributed by atoms with E-state index in [1.807, 2.05) is 0 Å². The average Bonchev–Trinajstić information content (AvgIpc) is 2.49. The summed E-state index contributed by atoms with van der Waals surface area (Å²) in [5.41, 5.74) is 2.32. The molecule has 0 heterocycles. The van der Waals surface area contributed by atoms with Crippen molar-refractivity contribution < 1.29 is 14.1 Å². The van der Waals surface area contributed by atoms with Gasteiger partial charge in [0.1, 0.15) is 5.75 Å². The number of hydrogen-bond acceptors (Lipinski definition) is 3. The maximum Gasteiger partial charge on any atom is 0.378 e. The van der Waals surface area contributed by atoms with E-state index in [9.17, 15) is 4.79 Å². The summed E-state index contributed by atoms with van der Waals surface area (Å²) >= 11 is 0. The van der Waals surface area contributed by atoms with Crippen LogP contribution in [0.1, 0.15) is 61.0 Å². The quantitative estimate of drug-likeness (QED) is 0.681. The normalized spacial score (nSPS) is 10.3. The topological polar surface area (TPSA) is 35.5 Å². The molecule has 5 heteroatoms. The van der Waals surface area contributed by atoms with Crippen LogP contribution >= 0.6 is 0 Å². The summed E-state index contributed by atoms with van der Waals surface area (Å²) in [4.78, 5) is 11.8. The van der Waals surface area contributed by atoms with Crippen molar-refractivity contribution in [3.63, 3.8) is 0 Å². The summed E-state index contributed by atoms with van der Waals surface area (Å²) < 4.78 is 9.22. The second-order valence-electron chi connectivity index (χ2n) is 4.86. The highest BCUT2D eigenvalue weighted by Gasteiger charge is 2.17. The van der Waals surface area contributed by atoms with E-state index in [0.717, 1.165) is 49.7 Å². The van der Waals surface area contributed by atoms with Gasteiger partial charge in [0.2, 0.25) is 0 Å². The monoisotopic (exact) mass is 270 g/mol. The van der Waals surface area contributed by atoms with Gasteiger partial charge in [-0.1, -0.05) is 32.8 Å². The Balaban J connectivity index is 3.19. The van der Waals surface area contributed by atoms with Crippen LogP contribution in [-0.2, 0) is 17.5 Å². The van der Waals surface area contributed by atoms with E-state index < -0.39 is 5.97 Å². The molecule has 104 valence electrons. The lowest BCUT2D eigenvalue weighted by Crippen LogP contribution is -2.09. The Labute approximate surface area is 123 Å². The van der Waals surface area contributed by atoms with Gasteiger partial charge in [-0.25, -0.2) is 4.79 Å². The van der Waals surface area contributed by atoms with Crippen LogP contribution in [0.25, 0.3) is 0 Å². The molecule has 0 N–H and O–H groups in total. The highest BCUT2D eigenvalue weighted by Crippen LogP contribution is 2.28. The van der Waals surface area contributed by atoms with E-state index in [0.29, 0.717) is 11.3 Å². The summed E-state index contributed by atoms with van der Waals surface area (Å²) in [5.74, 6) is -0.254. The fourth-order valence-corrected chi connectivity index (χ4v) is 2.19. The number of rotatable bonds is 8. The molecule has 1 rings (SSSR count). The molecule has 0 fully saturated rings. The van der Waals surface area contributed by atoms with Gasteiger partial charge in [-0.3, -0.25) is 0 Å². The van der Waals surface area contributed by atoms with E-state index >= 15 is 0 Å². The number of unbranched alkanes of at least 4 members (excludes halogenated alkanes) is 2. The molecule has 0 atom stereocenters. The fraction of sp³-hybridized carbons (Fsp3) is 0.533. The summed E-state index contributed by atoms with van der Waals surface area (Å²) in [6.45, 7) is 4.24. The molecule has 0 aliphatic carbocycles. The molecule has 0 unspecified atom stereocenters. The molecule has 1 aromatic rings. The van der Waals surface area contributed by atoms with E-state index in [4.69, 9.17) is 20.8 Å². The fourth-order valence-electron chi connectivity index (χ4n) is 2.19. The van der Waals surface area contributed by atoms with Crippen molar-refractivity contribution in [2.75, 3.05) is 0 Å². The predicted molar refractivity (Wildman–Crippen MR) is 81.2 cm³/mol. The lowest BCUT2D eigenvalue weighted by atomic mass is 9.97. The molecule has 0 saturated heterocycles. The van der Waals surface area contributed by atoms with E-state index in [2.05, 4.69) is 24.6 Å².